The van der Waals surface area contributed by atoms with Crippen molar-refractivity contribution < 1.29 is 4.74 Å². The Morgan fingerprint density at radius 2 is 2.00 bits per heavy atom. The molecule has 1 aromatic rings. The number of nitrogens with one attached hydrogen (secondary N) is 1. The average molecular weight is 332 g/mol. The fraction of sp³-hybridized carbons (Fsp3) is 0.750. The topological polar surface area (TPSA) is 37.4 Å². The molecule has 0 aliphatic carbocycles. The maximum atomic E-state index is 5.63. The van der Waals surface area contributed by atoms with Crippen molar-refractivity contribution in [1.29, 1.82) is 0 Å². The second-order valence-electron chi connectivity index (χ2n) is 8.98. The first-order valence-electron chi connectivity index (χ1n) is 9.33. The Morgan fingerprint density at radius 3 is 2.58 bits per heavy atom. The van der Waals surface area contributed by atoms with Gasteiger partial charge in [0.05, 0.1) is 6.61 Å². The molecular weight excluding hydrogens is 298 g/mol. The summed E-state index contributed by atoms with van der Waals surface area (Å²) < 4.78 is 5.63. The molecule has 0 amide bonds. The molecule has 0 radical (unpaired) electrons. The van der Waals surface area contributed by atoms with Crippen LogP contribution >= 0.6 is 0 Å². The summed E-state index contributed by atoms with van der Waals surface area (Å²) in [5.74, 6) is 0.669. The lowest BCUT2D eigenvalue weighted by Gasteiger charge is -2.50. The van der Waals surface area contributed by atoms with Crippen LogP contribution in [0.5, 0.6) is 0 Å². The van der Waals surface area contributed by atoms with Crippen molar-refractivity contribution in [2.24, 2.45) is 5.92 Å². The van der Waals surface area contributed by atoms with Gasteiger partial charge in [-0.25, -0.2) is 0 Å². The van der Waals surface area contributed by atoms with Gasteiger partial charge in [0.25, 0.3) is 0 Å². The smallest absolute Gasteiger partial charge is 0.0507 e. The molecule has 3 heterocycles. The van der Waals surface area contributed by atoms with Crippen molar-refractivity contribution in [3.05, 3.63) is 30.1 Å². The Morgan fingerprint density at radius 1 is 1.25 bits per heavy atom. The molecule has 0 spiro atoms. The molecular formula is C20H33N3O. The van der Waals surface area contributed by atoms with Crippen LogP contribution < -0.4 is 5.32 Å². The Hall–Kier alpha value is -0.970. The minimum atomic E-state index is 0.172. The molecule has 2 saturated heterocycles. The van der Waals surface area contributed by atoms with E-state index < -0.39 is 0 Å². The number of hydrogen-bond acceptors (Lipinski definition) is 4. The van der Waals surface area contributed by atoms with Crippen molar-refractivity contribution in [3.63, 3.8) is 0 Å². The summed E-state index contributed by atoms with van der Waals surface area (Å²) in [6, 6.07) is 4.84. The Balaban J connectivity index is 1.77. The summed E-state index contributed by atoms with van der Waals surface area (Å²) >= 11 is 0. The summed E-state index contributed by atoms with van der Waals surface area (Å²) in [4.78, 5) is 7.00. The zero-order valence-corrected chi connectivity index (χ0v) is 15.7. The molecule has 134 valence electrons. The Kier molecular flexibility index (Phi) is 5.28. The van der Waals surface area contributed by atoms with Gasteiger partial charge in [0.1, 0.15) is 0 Å². The molecule has 2 aliphatic rings. The van der Waals surface area contributed by atoms with E-state index in [1.54, 1.807) is 0 Å². The molecule has 3 rings (SSSR count). The first-order valence-corrected chi connectivity index (χ1v) is 9.33. The number of rotatable bonds is 5. The molecule has 1 N–H and O–H groups in total. The zero-order chi connectivity index (χ0) is 17.2. The maximum Gasteiger partial charge on any atom is 0.0507 e. The predicted octanol–water partition coefficient (Wildman–Crippen LogP) is 3.23. The van der Waals surface area contributed by atoms with E-state index in [1.807, 2.05) is 18.5 Å². The molecule has 0 aromatic carbocycles. The van der Waals surface area contributed by atoms with Crippen molar-refractivity contribution in [3.8, 4) is 0 Å². The first kappa shape index (κ1) is 17.8. The van der Waals surface area contributed by atoms with Crippen LogP contribution in [0.4, 0.5) is 0 Å². The van der Waals surface area contributed by atoms with E-state index in [-0.39, 0.29) is 11.1 Å². The molecule has 2 aliphatic heterocycles. The molecule has 4 heteroatoms. The molecule has 0 unspecified atom stereocenters. The molecule has 2 fully saturated rings. The van der Waals surface area contributed by atoms with E-state index in [0.717, 1.165) is 26.3 Å². The molecule has 0 bridgehead atoms. The number of hydrogen-bond donors (Lipinski definition) is 1. The SMILES string of the molecule is CC1(C)CC(N(Cc2cccnc2)C[C@@H]2CCOC2)CC(C)(C)N1. The zero-order valence-electron chi connectivity index (χ0n) is 15.7. The van der Waals surface area contributed by atoms with Gasteiger partial charge in [0.2, 0.25) is 0 Å². The van der Waals surface area contributed by atoms with Gasteiger partial charge in [0, 0.05) is 49.2 Å². The fourth-order valence-corrected chi connectivity index (χ4v) is 4.65. The van der Waals surface area contributed by atoms with Gasteiger partial charge in [-0.2, -0.15) is 0 Å². The van der Waals surface area contributed by atoms with Gasteiger partial charge in [-0.15, -0.1) is 0 Å². The quantitative estimate of drug-likeness (QED) is 0.899. The lowest BCUT2D eigenvalue weighted by atomic mass is 9.78. The Labute approximate surface area is 147 Å². The number of nitrogens with zero attached hydrogens (tertiary/aromatic N) is 2. The maximum absolute atomic E-state index is 5.63. The first-order chi connectivity index (χ1) is 11.3. The van der Waals surface area contributed by atoms with E-state index in [1.165, 1.54) is 24.8 Å². The minimum Gasteiger partial charge on any atom is -0.381 e. The predicted molar refractivity (Wildman–Crippen MR) is 97.9 cm³/mol. The number of pyridine rings is 1. The van der Waals surface area contributed by atoms with Gasteiger partial charge >= 0.3 is 0 Å². The van der Waals surface area contributed by atoms with Crippen molar-refractivity contribution >= 4 is 0 Å². The number of ether oxygens (including phenoxy) is 1. The van der Waals surface area contributed by atoms with Gasteiger partial charge in [-0.05, 0) is 64.5 Å². The summed E-state index contributed by atoms with van der Waals surface area (Å²) in [6.45, 7) is 13.3. The van der Waals surface area contributed by atoms with Crippen LogP contribution in [0.1, 0.15) is 52.5 Å². The van der Waals surface area contributed by atoms with Crippen molar-refractivity contribution in [2.75, 3.05) is 19.8 Å². The summed E-state index contributed by atoms with van der Waals surface area (Å²) in [6.07, 6.45) is 7.43. The van der Waals surface area contributed by atoms with Gasteiger partial charge in [-0.1, -0.05) is 6.07 Å². The number of aromatic nitrogens is 1. The highest BCUT2D eigenvalue weighted by molar-refractivity contribution is 5.09. The van der Waals surface area contributed by atoms with E-state index in [4.69, 9.17) is 4.74 Å². The van der Waals surface area contributed by atoms with E-state index in [0.29, 0.717) is 12.0 Å². The van der Waals surface area contributed by atoms with Gasteiger partial charge < -0.3 is 10.1 Å². The van der Waals surface area contributed by atoms with Crippen molar-refractivity contribution in [2.45, 2.75) is 70.6 Å². The van der Waals surface area contributed by atoms with Gasteiger partial charge in [0.15, 0.2) is 0 Å². The molecule has 1 atom stereocenters. The third kappa shape index (κ3) is 4.78. The van der Waals surface area contributed by atoms with E-state index in [9.17, 15) is 0 Å². The van der Waals surface area contributed by atoms with E-state index in [2.05, 4.69) is 49.0 Å². The van der Waals surface area contributed by atoms with Crippen LogP contribution in [0.15, 0.2) is 24.5 Å². The summed E-state index contributed by atoms with van der Waals surface area (Å²) in [5, 5.41) is 3.81. The van der Waals surface area contributed by atoms with Crippen LogP contribution in [0, 0.1) is 5.92 Å². The highest BCUT2D eigenvalue weighted by Crippen LogP contribution is 2.33. The van der Waals surface area contributed by atoms with Crippen LogP contribution in [0.25, 0.3) is 0 Å². The monoisotopic (exact) mass is 331 g/mol. The van der Waals surface area contributed by atoms with Gasteiger partial charge in [-0.3, -0.25) is 9.88 Å². The summed E-state index contributed by atoms with van der Waals surface area (Å²) in [5.41, 5.74) is 1.66. The standard InChI is InChI=1S/C20H33N3O/c1-19(2)10-18(11-20(3,4)22-19)23(14-17-7-9-24-15-17)13-16-6-5-8-21-12-16/h5-6,8,12,17-18,22H,7,9-11,13-15H2,1-4H3/t17-/m0/s1. The third-order valence-corrected chi connectivity index (χ3v) is 5.31. The van der Waals surface area contributed by atoms with Crippen LogP contribution in [-0.2, 0) is 11.3 Å². The largest absolute Gasteiger partial charge is 0.381 e. The fourth-order valence-electron chi connectivity index (χ4n) is 4.65. The van der Waals surface area contributed by atoms with E-state index >= 15 is 0 Å². The second-order valence-corrected chi connectivity index (χ2v) is 8.98. The van der Waals surface area contributed by atoms with Crippen LogP contribution in [0.2, 0.25) is 0 Å². The van der Waals surface area contributed by atoms with Crippen LogP contribution in [-0.4, -0.2) is 46.8 Å². The number of piperidine rings is 1. The van der Waals surface area contributed by atoms with Crippen molar-refractivity contribution in [1.82, 2.24) is 15.2 Å². The Bertz CT molecular complexity index is 507. The summed E-state index contributed by atoms with van der Waals surface area (Å²) in [7, 11) is 0. The van der Waals surface area contributed by atoms with Crippen LogP contribution in [0.3, 0.4) is 0 Å². The molecule has 0 saturated carbocycles. The lowest BCUT2D eigenvalue weighted by Crippen LogP contribution is -2.62. The molecule has 1 aromatic heterocycles. The highest BCUT2D eigenvalue weighted by atomic mass is 16.5. The third-order valence-electron chi connectivity index (χ3n) is 5.31. The normalized spacial score (nSPS) is 26.8. The molecule has 24 heavy (non-hydrogen) atoms. The highest BCUT2D eigenvalue weighted by Gasteiger charge is 2.40. The average Bonchev–Trinajstić information content (AvgIpc) is 2.97. The second kappa shape index (κ2) is 7.11. The minimum absolute atomic E-state index is 0.172. The lowest BCUT2D eigenvalue weighted by molar-refractivity contribution is 0.0492. The molecule has 4 nitrogen and oxygen atoms in total.